The molecule has 1 N–H and O–H groups in total. The lowest BCUT2D eigenvalue weighted by Crippen LogP contribution is -2.02. The summed E-state index contributed by atoms with van der Waals surface area (Å²) in [7, 11) is 0. The van der Waals surface area contributed by atoms with E-state index in [0.717, 1.165) is 29.8 Å². The largest absolute Gasteiger partial charge is 0.483 e. The van der Waals surface area contributed by atoms with Gasteiger partial charge in [0.05, 0.1) is 6.10 Å². The second-order valence-electron chi connectivity index (χ2n) is 5.33. The van der Waals surface area contributed by atoms with Crippen LogP contribution in [-0.2, 0) is 6.61 Å². The van der Waals surface area contributed by atoms with Gasteiger partial charge in [0, 0.05) is 11.5 Å². The minimum Gasteiger partial charge on any atom is -0.483 e. The summed E-state index contributed by atoms with van der Waals surface area (Å²) in [5, 5.41) is 13.7. The van der Waals surface area contributed by atoms with Crippen LogP contribution in [0.25, 0.3) is 0 Å². The predicted molar refractivity (Wildman–Crippen MR) is 72.4 cm³/mol. The van der Waals surface area contributed by atoms with Crippen molar-refractivity contribution in [1.82, 2.24) is 10.1 Å². The van der Waals surface area contributed by atoms with Crippen LogP contribution in [0.2, 0.25) is 0 Å². The summed E-state index contributed by atoms with van der Waals surface area (Å²) in [6.07, 6.45) is 1.71. The van der Waals surface area contributed by atoms with Gasteiger partial charge < -0.3 is 14.4 Å². The maximum absolute atomic E-state index is 9.78. The summed E-state index contributed by atoms with van der Waals surface area (Å²) in [5.41, 5.74) is 1.86. The third-order valence-corrected chi connectivity index (χ3v) is 3.39. The predicted octanol–water partition coefficient (Wildman–Crippen LogP) is 2.89. The van der Waals surface area contributed by atoms with Crippen LogP contribution < -0.4 is 4.74 Å². The summed E-state index contributed by atoms with van der Waals surface area (Å²) in [4.78, 5) is 4.31. The first-order valence-corrected chi connectivity index (χ1v) is 6.87. The molecular formula is C15H18N2O3. The molecule has 0 spiro atoms. The van der Waals surface area contributed by atoms with Gasteiger partial charge in [-0.3, -0.25) is 0 Å². The molecule has 1 saturated carbocycles. The quantitative estimate of drug-likeness (QED) is 0.908. The third-order valence-electron chi connectivity index (χ3n) is 3.39. The molecule has 1 atom stereocenters. The second-order valence-corrected chi connectivity index (χ2v) is 5.33. The molecule has 0 amide bonds. The number of aryl methyl sites for hydroxylation is 1. The Morgan fingerprint density at radius 1 is 1.45 bits per heavy atom. The first-order chi connectivity index (χ1) is 9.63. The molecule has 0 aliphatic heterocycles. The van der Waals surface area contributed by atoms with Gasteiger partial charge in [-0.05, 0) is 38.8 Å². The Kier molecular flexibility index (Phi) is 3.44. The minimum atomic E-state index is -0.574. The van der Waals surface area contributed by atoms with Crippen LogP contribution in [0.3, 0.4) is 0 Å². The van der Waals surface area contributed by atoms with Gasteiger partial charge in [-0.15, -0.1) is 0 Å². The maximum atomic E-state index is 9.78. The van der Waals surface area contributed by atoms with Crippen molar-refractivity contribution in [3.63, 3.8) is 0 Å². The standard InChI is InChI=1S/C15H18N2O3/c1-9-3-6-13(12(7-9)10(2)18)19-8-14-16-15(17-20-14)11-4-5-11/h3,6-7,10-11,18H,4-5,8H2,1-2H3/t10-/m0/s1. The first-order valence-electron chi connectivity index (χ1n) is 6.87. The van der Waals surface area contributed by atoms with Gasteiger partial charge in [0.1, 0.15) is 5.75 Å². The molecule has 1 aromatic carbocycles. The Morgan fingerprint density at radius 3 is 2.95 bits per heavy atom. The van der Waals surface area contributed by atoms with Crippen LogP contribution in [0.1, 0.15) is 54.6 Å². The monoisotopic (exact) mass is 274 g/mol. The molecule has 106 valence electrons. The second kappa shape index (κ2) is 5.25. The Morgan fingerprint density at radius 2 is 2.25 bits per heavy atom. The third kappa shape index (κ3) is 2.82. The van der Waals surface area contributed by atoms with E-state index in [0.29, 0.717) is 17.6 Å². The fourth-order valence-electron chi connectivity index (χ4n) is 2.10. The van der Waals surface area contributed by atoms with E-state index >= 15 is 0 Å². The number of aliphatic hydroxyl groups excluding tert-OH is 1. The first kappa shape index (κ1) is 13.1. The zero-order valence-corrected chi connectivity index (χ0v) is 11.7. The lowest BCUT2D eigenvalue weighted by atomic mass is 10.1. The number of aromatic nitrogens is 2. The fourth-order valence-corrected chi connectivity index (χ4v) is 2.10. The van der Waals surface area contributed by atoms with E-state index in [-0.39, 0.29) is 6.61 Å². The lowest BCUT2D eigenvalue weighted by molar-refractivity contribution is 0.185. The Hall–Kier alpha value is -1.88. The van der Waals surface area contributed by atoms with Crippen molar-refractivity contribution in [2.75, 3.05) is 0 Å². The highest BCUT2D eigenvalue weighted by atomic mass is 16.5. The molecule has 2 aromatic rings. The van der Waals surface area contributed by atoms with Crippen LogP contribution in [0.4, 0.5) is 0 Å². The summed E-state index contributed by atoms with van der Waals surface area (Å²) in [5.74, 6) is 2.38. The minimum absolute atomic E-state index is 0.225. The van der Waals surface area contributed by atoms with Crippen LogP contribution in [-0.4, -0.2) is 15.2 Å². The van der Waals surface area contributed by atoms with E-state index < -0.39 is 6.10 Å². The molecule has 0 saturated heterocycles. The number of benzene rings is 1. The summed E-state index contributed by atoms with van der Waals surface area (Å²) >= 11 is 0. The molecule has 3 rings (SSSR count). The lowest BCUT2D eigenvalue weighted by Gasteiger charge is -2.13. The molecule has 0 unspecified atom stereocenters. The average Bonchev–Trinajstić information content (AvgIpc) is 3.17. The van der Waals surface area contributed by atoms with E-state index in [2.05, 4.69) is 10.1 Å². The molecule has 1 aliphatic carbocycles. The number of aliphatic hydroxyl groups is 1. The van der Waals surface area contributed by atoms with Crippen molar-refractivity contribution in [2.45, 2.75) is 45.3 Å². The van der Waals surface area contributed by atoms with E-state index in [1.165, 1.54) is 0 Å². The Labute approximate surface area is 117 Å². The van der Waals surface area contributed by atoms with Gasteiger partial charge in [0.2, 0.25) is 0 Å². The number of rotatable bonds is 5. The summed E-state index contributed by atoms with van der Waals surface area (Å²) in [6, 6.07) is 5.73. The van der Waals surface area contributed by atoms with E-state index in [1.807, 2.05) is 25.1 Å². The molecule has 1 fully saturated rings. The van der Waals surface area contributed by atoms with Crippen molar-refractivity contribution < 1.29 is 14.4 Å². The van der Waals surface area contributed by atoms with Crippen molar-refractivity contribution in [3.05, 3.63) is 41.0 Å². The van der Waals surface area contributed by atoms with Gasteiger partial charge in [-0.2, -0.15) is 4.98 Å². The van der Waals surface area contributed by atoms with Crippen LogP contribution >= 0.6 is 0 Å². The van der Waals surface area contributed by atoms with E-state index in [9.17, 15) is 5.11 Å². The highest BCUT2D eigenvalue weighted by Crippen LogP contribution is 2.38. The fraction of sp³-hybridized carbons (Fsp3) is 0.467. The molecule has 0 radical (unpaired) electrons. The van der Waals surface area contributed by atoms with E-state index in [4.69, 9.17) is 9.26 Å². The van der Waals surface area contributed by atoms with Crippen LogP contribution in [0.15, 0.2) is 22.7 Å². The molecule has 5 heteroatoms. The average molecular weight is 274 g/mol. The van der Waals surface area contributed by atoms with Crippen LogP contribution in [0, 0.1) is 6.92 Å². The van der Waals surface area contributed by atoms with Crippen molar-refractivity contribution in [1.29, 1.82) is 0 Å². The molecule has 1 aromatic heterocycles. The maximum Gasteiger partial charge on any atom is 0.264 e. The van der Waals surface area contributed by atoms with Gasteiger partial charge in [-0.25, -0.2) is 0 Å². The van der Waals surface area contributed by atoms with Gasteiger partial charge in [-0.1, -0.05) is 16.8 Å². The van der Waals surface area contributed by atoms with Gasteiger partial charge >= 0.3 is 0 Å². The van der Waals surface area contributed by atoms with Crippen molar-refractivity contribution in [2.24, 2.45) is 0 Å². The summed E-state index contributed by atoms with van der Waals surface area (Å²) in [6.45, 7) is 3.93. The SMILES string of the molecule is Cc1ccc(OCc2nc(C3CC3)no2)c([C@H](C)O)c1. The smallest absolute Gasteiger partial charge is 0.264 e. The highest BCUT2D eigenvalue weighted by Gasteiger charge is 2.28. The highest BCUT2D eigenvalue weighted by molar-refractivity contribution is 5.38. The normalized spacial score (nSPS) is 16.1. The number of nitrogens with zero attached hydrogens (tertiary/aromatic N) is 2. The molecule has 20 heavy (non-hydrogen) atoms. The van der Waals surface area contributed by atoms with Crippen molar-refractivity contribution >= 4 is 0 Å². The number of hydrogen-bond donors (Lipinski definition) is 1. The zero-order valence-electron chi connectivity index (χ0n) is 11.7. The Balaban J connectivity index is 1.70. The number of hydrogen-bond acceptors (Lipinski definition) is 5. The van der Waals surface area contributed by atoms with Crippen LogP contribution in [0.5, 0.6) is 5.75 Å². The summed E-state index contributed by atoms with van der Waals surface area (Å²) < 4.78 is 10.9. The molecule has 0 bridgehead atoms. The van der Waals surface area contributed by atoms with Gasteiger partial charge in [0.25, 0.3) is 5.89 Å². The molecule has 1 heterocycles. The van der Waals surface area contributed by atoms with Gasteiger partial charge in [0.15, 0.2) is 12.4 Å². The molecule has 5 nitrogen and oxygen atoms in total. The molecule has 1 aliphatic rings. The number of ether oxygens (including phenoxy) is 1. The molecular weight excluding hydrogens is 256 g/mol. The zero-order chi connectivity index (χ0) is 14.1. The van der Waals surface area contributed by atoms with Crippen molar-refractivity contribution in [3.8, 4) is 5.75 Å². The topological polar surface area (TPSA) is 68.4 Å². The Bertz CT molecular complexity index is 603. The van der Waals surface area contributed by atoms with E-state index in [1.54, 1.807) is 6.92 Å².